The largest absolute Gasteiger partial charge is 0.378 e. The maximum atomic E-state index is 9.50. The van der Waals surface area contributed by atoms with E-state index in [-0.39, 0.29) is 0 Å². The van der Waals surface area contributed by atoms with E-state index in [1.54, 1.807) is 35.3 Å². The minimum atomic E-state index is 0.440. The van der Waals surface area contributed by atoms with Crippen molar-refractivity contribution in [3.05, 3.63) is 59.6 Å². The van der Waals surface area contributed by atoms with Crippen molar-refractivity contribution in [2.24, 2.45) is 0 Å². The van der Waals surface area contributed by atoms with Crippen molar-refractivity contribution >= 4 is 40.0 Å². The number of nitrogens with zero attached hydrogens (tertiary/aromatic N) is 7. The smallest absolute Gasteiger partial charge is 0.137 e. The number of halogens is 1. The van der Waals surface area contributed by atoms with Crippen molar-refractivity contribution < 1.29 is 4.74 Å². The van der Waals surface area contributed by atoms with Crippen molar-refractivity contribution in [1.29, 1.82) is 5.26 Å². The summed E-state index contributed by atoms with van der Waals surface area (Å²) in [6.07, 6.45) is 4.94. The van der Waals surface area contributed by atoms with E-state index < -0.39 is 0 Å². The molecule has 1 aliphatic rings. The Morgan fingerprint density at radius 2 is 1.90 bits per heavy atom. The maximum absolute atomic E-state index is 9.50. The fraction of sp³-hybridized carbons (Fsp3) is 0.190. The summed E-state index contributed by atoms with van der Waals surface area (Å²) in [5, 5.41) is 18.4. The van der Waals surface area contributed by atoms with E-state index in [0.29, 0.717) is 41.1 Å². The number of morpholine rings is 1. The van der Waals surface area contributed by atoms with Crippen LogP contribution in [0.5, 0.6) is 0 Å². The van der Waals surface area contributed by atoms with Crippen LogP contribution in [0.25, 0.3) is 16.6 Å². The zero-order valence-corrected chi connectivity index (χ0v) is 17.1. The number of aromatic nitrogens is 5. The van der Waals surface area contributed by atoms with Crippen LogP contribution in [0, 0.1) is 11.3 Å². The number of pyridine rings is 1. The molecule has 0 spiro atoms. The monoisotopic (exact) mass is 432 g/mol. The first-order valence-corrected chi connectivity index (χ1v) is 10.1. The molecule has 1 aliphatic heterocycles. The molecule has 154 valence electrons. The fourth-order valence-corrected chi connectivity index (χ4v) is 3.75. The average Bonchev–Trinajstić information content (AvgIpc) is 3.22. The van der Waals surface area contributed by atoms with Crippen molar-refractivity contribution in [1.82, 2.24) is 24.7 Å². The summed E-state index contributed by atoms with van der Waals surface area (Å²) in [5.74, 6) is 2.05. The lowest BCUT2D eigenvalue weighted by Crippen LogP contribution is -2.36. The minimum absolute atomic E-state index is 0.440. The number of anilines is 3. The molecule has 9 nitrogen and oxygen atoms in total. The molecule has 0 atom stereocenters. The normalized spacial score (nSPS) is 13.9. The van der Waals surface area contributed by atoms with E-state index in [2.05, 4.69) is 36.3 Å². The molecule has 0 saturated carbocycles. The van der Waals surface area contributed by atoms with Gasteiger partial charge in [0.25, 0.3) is 0 Å². The lowest BCUT2D eigenvalue weighted by Gasteiger charge is -2.27. The molecule has 1 aromatic carbocycles. The Morgan fingerprint density at radius 1 is 1.06 bits per heavy atom. The number of hydrogen-bond acceptors (Lipinski definition) is 8. The number of para-hydroxylation sites is 1. The van der Waals surface area contributed by atoms with Crippen LogP contribution >= 0.6 is 11.6 Å². The lowest BCUT2D eigenvalue weighted by atomic mass is 10.2. The van der Waals surface area contributed by atoms with Crippen molar-refractivity contribution in [3.8, 4) is 11.8 Å². The second-order valence-electron chi connectivity index (χ2n) is 6.92. The van der Waals surface area contributed by atoms with Crippen LogP contribution in [-0.2, 0) is 4.74 Å². The second-order valence-corrected chi connectivity index (χ2v) is 7.33. The van der Waals surface area contributed by atoms with Gasteiger partial charge in [-0.3, -0.25) is 0 Å². The van der Waals surface area contributed by atoms with E-state index in [1.165, 1.54) is 6.33 Å². The molecule has 1 fully saturated rings. The first-order chi connectivity index (χ1) is 15.2. The van der Waals surface area contributed by atoms with Crippen molar-refractivity contribution in [3.63, 3.8) is 0 Å². The van der Waals surface area contributed by atoms with Crippen molar-refractivity contribution in [2.75, 3.05) is 36.5 Å². The molecule has 4 aromatic rings. The number of ether oxygens (including phenoxy) is 1. The molecule has 10 heteroatoms. The molecular formula is C21H17ClN8O. The van der Waals surface area contributed by atoms with Crippen LogP contribution in [0.1, 0.15) is 5.56 Å². The molecule has 0 unspecified atom stereocenters. The first kappa shape index (κ1) is 19.2. The van der Waals surface area contributed by atoms with E-state index in [4.69, 9.17) is 16.3 Å². The minimum Gasteiger partial charge on any atom is -0.378 e. The Labute approximate surface area is 182 Å². The average molecular weight is 433 g/mol. The third kappa shape index (κ3) is 3.74. The number of nitrogens with one attached hydrogen (secondary N) is 1. The zero-order valence-electron chi connectivity index (χ0n) is 16.4. The first-order valence-electron chi connectivity index (χ1n) is 9.67. The van der Waals surface area contributed by atoms with Gasteiger partial charge in [-0.2, -0.15) is 10.4 Å². The van der Waals surface area contributed by atoms with Crippen LogP contribution in [-0.4, -0.2) is 51.0 Å². The molecule has 0 radical (unpaired) electrons. The van der Waals surface area contributed by atoms with Gasteiger partial charge in [-0.25, -0.2) is 19.6 Å². The Kier molecular flexibility index (Phi) is 5.08. The quantitative estimate of drug-likeness (QED) is 0.523. The topological polar surface area (TPSA) is 105 Å². The van der Waals surface area contributed by atoms with Gasteiger partial charge in [0.05, 0.1) is 35.5 Å². The van der Waals surface area contributed by atoms with Crippen LogP contribution in [0.3, 0.4) is 0 Å². The molecule has 4 heterocycles. The van der Waals surface area contributed by atoms with Gasteiger partial charge in [-0.15, -0.1) is 0 Å². The zero-order chi connectivity index (χ0) is 21.2. The maximum Gasteiger partial charge on any atom is 0.137 e. The highest BCUT2D eigenvalue weighted by atomic mass is 35.5. The molecule has 0 amide bonds. The van der Waals surface area contributed by atoms with E-state index >= 15 is 0 Å². The summed E-state index contributed by atoms with van der Waals surface area (Å²) in [4.78, 5) is 15.3. The summed E-state index contributed by atoms with van der Waals surface area (Å²) in [5.41, 5.74) is 1.75. The Hall–Kier alpha value is -3.74. The van der Waals surface area contributed by atoms with Gasteiger partial charge in [0.2, 0.25) is 0 Å². The molecule has 0 aliphatic carbocycles. The highest BCUT2D eigenvalue weighted by Gasteiger charge is 2.15. The predicted octanol–water partition coefficient (Wildman–Crippen LogP) is 3.32. The summed E-state index contributed by atoms with van der Waals surface area (Å²) in [6.45, 7) is 2.95. The number of nitriles is 1. The van der Waals surface area contributed by atoms with Gasteiger partial charge < -0.3 is 15.0 Å². The highest BCUT2D eigenvalue weighted by molar-refractivity contribution is 6.32. The third-order valence-electron chi connectivity index (χ3n) is 5.02. The fourth-order valence-electron chi connectivity index (χ4n) is 3.50. The lowest BCUT2D eigenvalue weighted by molar-refractivity contribution is 0.122. The van der Waals surface area contributed by atoms with E-state index in [9.17, 15) is 5.26 Å². The summed E-state index contributed by atoms with van der Waals surface area (Å²) >= 11 is 6.39. The highest BCUT2D eigenvalue weighted by Crippen LogP contribution is 2.28. The summed E-state index contributed by atoms with van der Waals surface area (Å²) in [6, 6.07) is 11.1. The summed E-state index contributed by atoms with van der Waals surface area (Å²) in [7, 11) is 0. The molecule has 3 aromatic heterocycles. The number of benzene rings is 1. The van der Waals surface area contributed by atoms with Gasteiger partial charge in [-0.1, -0.05) is 17.7 Å². The Morgan fingerprint density at radius 3 is 2.74 bits per heavy atom. The molecular weight excluding hydrogens is 416 g/mol. The standard InChI is InChI=1S/C21H17ClN8O/c22-16-3-1-2-14(10-23)21(16)30-17-8-18(24-11-15(17)12-27-30)28-19-9-20(26-13-25-19)29-4-6-31-7-5-29/h1-3,8-9,11-13H,4-7H2,(H,24,25,26,28). The third-order valence-corrected chi connectivity index (χ3v) is 5.32. The van der Waals surface area contributed by atoms with Gasteiger partial charge in [0.15, 0.2) is 0 Å². The van der Waals surface area contributed by atoms with Crippen molar-refractivity contribution in [2.45, 2.75) is 0 Å². The molecule has 5 rings (SSSR count). The number of fused-ring (bicyclic) bond motifs is 1. The SMILES string of the molecule is N#Cc1cccc(Cl)c1-n1ncc2cnc(Nc3cc(N4CCOCC4)ncn3)cc21. The van der Waals surface area contributed by atoms with Crippen LogP contribution in [0.2, 0.25) is 5.02 Å². The van der Waals surface area contributed by atoms with Gasteiger partial charge in [0.1, 0.15) is 35.5 Å². The predicted molar refractivity (Wildman–Crippen MR) is 117 cm³/mol. The van der Waals surface area contributed by atoms with Crippen LogP contribution in [0.15, 0.2) is 49.1 Å². The molecule has 0 bridgehead atoms. The number of rotatable bonds is 4. The number of hydrogen-bond donors (Lipinski definition) is 1. The van der Waals surface area contributed by atoms with Crippen LogP contribution in [0.4, 0.5) is 17.5 Å². The molecule has 1 saturated heterocycles. The molecule has 1 N–H and O–H groups in total. The molecule has 31 heavy (non-hydrogen) atoms. The second kappa shape index (κ2) is 8.18. The van der Waals surface area contributed by atoms with Crippen LogP contribution < -0.4 is 10.2 Å². The summed E-state index contributed by atoms with van der Waals surface area (Å²) < 4.78 is 7.06. The Bertz CT molecular complexity index is 1290. The van der Waals surface area contributed by atoms with Gasteiger partial charge in [0, 0.05) is 36.8 Å². The van der Waals surface area contributed by atoms with E-state index in [1.807, 2.05) is 12.1 Å². The Balaban J connectivity index is 1.49. The van der Waals surface area contributed by atoms with Gasteiger partial charge in [-0.05, 0) is 12.1 Å². The van der Waals surface area contributed by atoms with E-state index in [0.717, 1.165) is 29.8 Å². The van der Waals surface area contributed by atoms with Gasteiger partial charge >= 0.3 is 0 Å².